The van der Waals surface area contributed by atoms with Gasteiger partial charge in [-0.25, -0.2) is 4.79 Å². The van der Waals surface area contributed by atoms with Crippen molar-refractivity contribution in [1.29, 1.82) is 0 Å². The van der Waals surface area contributed by atoms with Gasteiger partial charge in [0, 0.05) is 6.54 Å². The lowest BCUT2D eigenvalue weighted by Gasteiger charge is -2.20. The maximum Gasteiger partial charge on any atom is 0.329 e. The lowest BCUT2D eigenvalue weighted by Crippen LogP contribution is -2.44. The van der Waals surface area contributed by atoms with Crippen LogP contribution in [-0.4, -0.2) is 53.7 Å². The molecule has 34 heavy (non-hydrogen) atoms. The average Bonchev–Trinajstić information content (AvgIpc) is 3.04. The molecule has 0 saturated carbocycles. The van der Waals surface area contributed by atoms with Crippen molar-refractivity contribution in [3.05, 3.63) is 64.7 Å². The first-order chi connectivity index (χ1) is 16.1. The van der Waals surface area contributed by atoms with Crippen LogP contribution < -0.4 is 10.6 Å². The molecule has 1 unspecified atom stereocenters. The molecule has 0 aliphatic carbocycles. The first kappa shape index (κ1) is 24.6. The monoisotopic (exact) mass is 465 g/mol. The van der Waals surface area contributed by atoms with E-state index < -0.39 is 36.3 Å². The predicted octanol–water partition coefficient (Wildman–Crippen LogP) is 2.55. The minimum absolute atomic E-state index is 0.223. The number of rotatable bonds is 8. The number of aryl methyl sites for hydroxylation is 1. The number of carbonyl (C=O) groups is 5. The Morgan fingerprint density at radius 3 is 2.35 bits per heavy atom. The smallest absolute Gasteiger partial charge is 0.329 e. The van der Waals surface area contributed by atoms with Crippen LogP contribution in [0.25, 0.3) is 0 Å². The van der Waals surface area contributed by atoms with Crippen molar-refractivity contribution in [2.24, 2.45) is 5.92 Å². The van der Waals surface area contributed by atoms with Crippen LogP contribution in [0, 0.1) is 12.8 Å². The van der Waals surface area contributed by atoms with Gasteiger partial charge in [0.2, 0.25) is 0 Å². The number of esters is 1. The van der Waals surface area contributed by atoms with Gasteiger partial charge in [0.05, 0.1) is 22.4 Å². The zero-order valence-corrected chi connectivity index (χ0v) is 19.5. The third kappa shape index (κ3) is 5.31. The van der Waals surface area contributed by atoms with E-state index >= 15 is 0 Å². The summed E-state index contributed by atoms with van der Waals surface area (Å²) in [7, 11) is 0. The first-order valence-corrected chi connectivity index (χ1v) is 10.9. The number of nitrogens with one attached hydrogen (secondary N) is 2. The molecule has 178 valence electrons. The SMILES string of the molecule is Cc1ccc2c(c1)C(=O)N(C(C)C(=O)OCC(=O)Nc1ccccc1C(=O)NCC(C)C)C2=O. The Bertz CT molecular complexity index is 1160. The molecule has 2 aromatic rings. The highest BCUT2D eigenvalue weighted by atomic mass is 16.5. The second-order valence-corrected chi connectivity index (χ2v) is 8.51. The minimum atomic E-state index is -1.21. The summed E-state index contributed by atoms with van der Waals surface area (Å²) < 4.78 is 5.05. The molecule has 0 spiro atoms. The third-order valence-corrected chi connectivity index (χ3v) is 5.26. The van der Waals surface area contributed by atoms with Gasteiger partial charge < -0.3 is 15.4 Å². The highest BCUT2D eigenvalue weighted by molar-refractivity contribution is 6.22. The van der Waals surface area contributed by atoms with Gasteiger partial charge >= 0.3 is 5.97 Å². The Hall–Kier alpha value is -4.01. The van der Waals surface area contributed by atoms with Crippen molar-refractivity contribution < 1.29 is 28.7 Å². The second-order valence-electron chi connectivity index (χ2n) is 8.51. The third-order valence-electron chi connectivity index (χ3n) is 5.26. The normalized spacial score (nSPS) is 13.5. The molecule has 0 aromatic heterocycles. The maximum atomic E-state index is 12.7. The minimum Gasteiger partial charge on any atom is -0.454 e. The molecule has 0 saturated heterocycles. The Balaban J connectivity index is 1.60. The van der Waals surface area contributed by atoms with Gasteiger partial charge in [-0.15, -0.1) is 0 Å². The summed E-state index contributed by atoms with van der Waals surface area (Å²) in [5, 5.41) is 5.34. The van der Waals surface area contributed by atoms with E-state index in [1.807, 2.05) is 13.8 Å². The molecule has 1 aliphatic heterocycles. The number of carbonyl (C=O) groups excluding carboxylic acids is 5. The van der Waals surface area contributed by atoms with E-state index in [1.165, 1.54) is 6.92 Å². The van der Waals surface area contributed by atoms with Crippen molar-refractivity contribution in [2.75, 3.05) is 18.5 Å². The maximum absolute atomic E-state index is 12.7. The van der Waals surface area contributed by atoms with E-state index in [1.54, 1.807) is 49.4 Å². The van der Waals surface area contributed by atoms with Crippen molar-refractivity contribution in [1.82, 2.24) is 10.2 Å². The number of benzene rings is 2. The van der Waals surface area contributed by atoms with E-state index in [2.05, 4.69) is 10.6 Å². The van der Waals surface area contributed by atoms with Crippen LogP contribution in [-0.2, 0) is 14.3 Å². The van der Waals surface area contributed by atoms with Gasteiger partial charge in [0.25, 0.3) is 23.6 Å². The van der Waals surface area contributed by atoms with E-state index in [4.69, 9.17) is 4.74 Å². The largest absolute Gasteiger partial charge is 0.454 e. The standard InChI is InChI=1S/C25H27N3O6/c1-14(2)12-26-22(30)18-7-5-6-8-20(18)27-21(29)13-34-25(33)16(4)28-23(31)17-10-9-15(3)11-19(17)24(28)32/h5-11,14,16H,12-13H2,1-4H3,(H,26,30)(H,27,29). The van der Waals surface area contributed by atoms with Crippen LogP contribution in [0.4, 0.5) is 5.69 Å². The lowest BCUT2D eigenvalue weighted by molar-refractivity contribution is -0.150. The Labute approximate surface area is 197 Å². The molecule has 9 heteroatoms. The van der Waals surface area contributed by atoms with Crippen LogP contribution in [0.15, 0.2) is 42.5 Å². The van der Waals surface area contributed by atoms with Gasteiger partial charge in [0.1, 0.15) is 6.04 Å². The molecule has 0 bridgehead atoms. The van der Waals surface area contributed by atoms with Gasteiger partial charge in [-0.1, -0.05) is 37.6 Å². The molecule has 3 rings (SSSR count). The molecule has 1 atom stereocenters. The summed E-state index contributed by atoms with van der Waals surface area (Å²) in [5.41, 5.74) is 1.81. The number of para-hydroxylation sites is 1. The predicted molar refractivity (Wildman–Crippen MR) is 124 cm³/mol. The van der Waals surface area contributed by atoms with E-state index in [0.29, 0.717) is 6.54 Å². The van der Waals surface area contributed by atoms with E-state index in [0.717, 1.165) is 10.5 Å². The van der Waals surface area contributed by atoms with Gasteiger partial charge in [-0.3, -0.25) is 24.1 Å². The van der Waals surface area contributed by atoms with Crippen molar-refractivity contribution >= 4 is 35.3 Å². The molecule has 4 amide bonds. The molecule has 2 N–H and O–H groups in total. The molecule has 1 aliphatic rings. The van der Waals surface area contributed by atoms with Gasteiger partial charge in [-0.05, 0) is 44.0 Å². The number of anilines is 1. The van der Waals surface area contributed by atoms with Crippen molar-refractivity contribution in [2.45, 2.75) is 33.7 Å². The molecule has 0 fully saturated rings. The van der Waals surface area contributed by atoms with Gasteiger partial charge in [-0.2, -0.15) is 0 Å². The zero-order valence-electron chi connectivity index (χ0n) is 19.5. The molecule has 9 nitrogen and oxygen atoms in total. The van der Waals surface area contributed by atoms with Crippen LogP contribution >= 0.6 is 0 Å². The quantitative estimate of drug-likeness (QED) is 0.456. The topological polar surface area (TPSA) is 122 Å². The fourth-order valence-corrected chi connectivity index (χ4v) is 3.46. The number of nitrogens with zero attached hydrogens (tertiary/aromatic N) is 1. The number of imide groups is 1. The molecular weight excluding hydrogens is 438 g/mol. The highest BCUT2D eigenvalue weighted by Gasteiger charge is 2.41. The van der Waals surface area contributed by atoms with Crippen LogP contribution in [0.2, 0.25) is 0 Å². The number of amides is 4. The van der Waals surface area contributed by atoms with E-state index in [-0.39, 0.29) is 34.2 Å². The second kappa shape index (κ2) is 10.3. The summed E-state index contributed by atoms with van der Waals surface area (Å²) in [4.78, 5) is 63.4. The van der Waals surface area contributed by atoms with Crippen LogP contribution in [0.5, 0.6) is 0 Å². The summed E-state index contributed by atoms with van der Waals surface area (Å²) >= 11 is 0. The highest BCUT2D eigenvalue weighted by Crippen LogP contribution is 2.26. The first-order valence-electron chi connectivity index (χ1n) is 10.9. The van der Waals surface area contributed by atoms with Crippen LogP contribution in [0.1, 0.15) is 57.4 Å². The number of ether oxygens (including phenoxy) is 1. The molecular formula is C25H27N3O6. The van der Waals surface area contributed by atoms with Gasteiger partial charge in [0.15, 0.2) is 6.61 Å². The van der Waals surface area contributed by atoms with Crippen molar-refractivity contribution in [3.8, 4) is 0 Å². The summed E-state index contributed by atoms with van der Waals surface area (Å²) in [6.07, 6.45) is 0. The Morgan fingerprint density at radius 2 is 1.65 bits per heavy atom. The molecule has 0 radical (unpaired) electrons. The summed E-state index contributed by atoms with van der Waals surface area (Å²) in [5.74, 6) is -2.81. The zero-order chi connectivity index (χ0) is 25.0. The van der Waals surface area contributed by atoms with Crippen LogP contribution in [0.3, 0.4) is 0 Å². The average molecular weight is 466 g/mol. The number of fused-ring (bicyclic) bond motifs is 1. The Kier molecular flexibility index (Phi) is 7.45. The molecule has 1 heterocycles. The number of hydrogen-bond donors (Lipinski definition) is 2. The van der Waals surface area contributed by atoms with E-state index in [9.17, 15) is 24.0 Å². The fraction of sp³-hybridized carbons (Fsp3) is 0.320. The Morgan fingerprint density at radius 1 is 0.971 bits per heavy atom. The molecule has 2 aromatic carbocycles. The summed E-state index contributed by atoms with van der Waals surface area (Å²) in [6, 6.07) is 10.1. The summed E-state index contributed by atoms with van der Waals surface area (Å²) in [6.45, 7) is 6.92. The van der Waals surface area contributed by atoms with Crippen molar-refractivity contribution in [3.63, 3.8) is 0 Å². The lowest BCUT2D eigenvalue weighted by atomic mass is 10.1. The number of hydrogen-bond acceptors (Lipinski definition) is 6. The fourth-order valence-electron chi connectivity index (χ4n) is 3.46.